The normalized spacial score (nSPS) is 10.5. The van der Waals surface area contributed by atoms with Gasteiger partial charge in [-0.1, -0.05) is 12.1 Å². The van der Waals surface area contributed by atoms with Gasteiger partial charge in [0.25, 0.3) is 5.91 Å². The molecule has 1 aromatic heterocycles. The van der Waals surface area contributed by atoms with Gasteiger partial charge in [0.05, 0.1) is 24.7 Å². The fourth-order valence-electron chi connectivity index (χ4n) is 1.98. The van der Waals surface area contributed by atoms with Crippen LogP contribution in [0.5, 0.6) is 5.75 Å². The average molecular weight is 329 g/mol. The monoisotopic (exact) mass is 329 g/mol. The molecule has 128 valence electrons. The van der Waals surface area contributed by atoms with E-state index in [1.54, 1.807) is 12.3 Å². The van der Waals surface area contributed by atoms with Crippen molar-refractivity contribution in [3.63, 3.8) is 0 Å². The molecule has 0 spiro atoms. The Bertz CT molecular complexity index is 658. The van der Waals surface area contributed by atoms with Crippen LogP contribution in [0.1, 0.15) is 17.4 Å². The maximum Gasteiger partial charge on any atom is 0.275 e. The number of likely N-dealkylation sites (N-methyl/N-ethyl adjacent to an activating group) is 1. The lowest BCUT2D eigenvalue weighted by atomic mass is 10.3. The van der Waals surface area contributed by atoms with Gasteiger partial charge in [-0.25, -0.2) is 9.97 Å². The lowest BCUT2D eigenvalue weighted by Crippen LogP contribution is -2.21. The first-order valence-corrected chi connectivity index (χ1v) is 7.84. The number of aromatic nitrogens is 2. The number of hydrogen-bond donors (Lipinski definition) is 2. The van der Waals surface area contributed by atoms with Crippen molar-refractivity contribution >= 4 is 17.4 Å². The Morgan fingerprint density at radius 1 is 1.21 bits per heavy atom. The third kappa shape index (κ3) is 5.20. The molecule has 1 aromatic carbocycles. The summed E-state index contributed by atoms with van der Waals surface area (Å²) in [6.07, 6.45) is 3.01. The molecule has 0 bridgehead atoms. The van der Waals surface area contributed by atoms with Crippen molar-refractivity contribution < 1.29 is 9.53 Å². The number of carbonyl (C=O) groups is 1. The maximum atomic E-state index is 12.3. The Morgan fingerprint density at radius 2 is 2.00 bits per heavy atom. The fourth-order valence-corrected chi connectivity index (χ4v) is 1.98. The van der Waals surface area contributed by atoms with E-state index in [-0.39, 0.29) is 11.6 Å². The predicted octanol–water partition coefficient (Wildman–Crippen LogP) is 2.10. The zero-order valence-electron chi connectivity index (χ0n) is 14.2. The molecule has 0 aliphatic rings. The number of anilines is 2. The summed E-state index contributed by atoms with van der Waals surface area (Å²) in [5, 5.41) is 5.95. The third-order valence-corrected chi connectivity index (χ3v) is 3.18. The third-order valence-electron chi connectivity index (χ3n) is 3.18. The van der Waals surface area contributed by atoms with Crippen LogP contribution in [0, 0.1) is 0 Å². The summed E-state index contributed by atoms with van der Waals surface area (Å²) >= 11 is 0. The van der Waals surface area contributed by atoms with Gasteiger partial charge in [-0.2, -0.15) is 0 Å². The van der Waals surface area contributed by atoms with Gasteiger partial charge in [-0.15, -0.1) is 0 Å². The van der Waals surface area contributed by atoms with Crippen LogP contribution in [-0.4, -0.2) is 54.6 Å². The number of amides is 1. The molecule has 1 amide bonds. The molecule has 2 rings (SSSR count). The minimum atomic E-state index is -0.325. The van der Waals surface area contributed by atoms with Crippen LogP contribution in [0.25, 0.3) is 0 Å². The van der Waals surface area contributed by atoms with Crippen molar-refractivity contribution in [2.45, 2.75) is 6.92 Å². The number of benzene rings is 1. The standard InChI is InChI=1S/C17H23N5O2/c1-4-24-15-8-6-5-7-13(15)21-17(23)14-11-20-16(12-19-14)18-9-10-22(2)3/h5-8,11-12H,4,9-10H2,1-3H3,(H,18,20)(H,21,23). The molecule has 0 aliphatic carbocycles. The molecule has 24 heavy (non-hydrogen) atoms. The molecule has 7 nitrogen and oxygen atoms in total. The van der Waals surface area contributed by atoms with E-state index in [9.17, 15) is 4.79 Å². The molecule has 0 radical (unpaired) electrons. The first-order chi connectivity index (χ1) is 11.6. The van der Waals surface area contributed by atoms with Crippen molar-refractivity contribution in [1.29, 1.82) is 0 Å². The first kappa shape index (κ1) is 17.7. The second kappa shape index (κ2) is 8.83. The van der Waals surface area contributed by atoms with E-state index >= 15 is 0 Å². The molecule has 0 fully saturated rings. The van der Waals surface area contributed by atoms with Crippen molar-refractivity contribution in [2.75, 3.05) is 44.4 Å². The van der Waals surface area contributed by atoms with Gasteiger partial charge in [0.15, 0.2) is 0 Å². The SMILES string of the molecule is CCOc1ccccc1NC(=O)c1cnc(NCCN(C)C)cn1. The largest absolute Gasteiger partial charge is 0.492 e. The smallest absolute Gasteiger partial charge is 0.275 e. The van der Waals surface area contributed by atoms with Crippen LogP contribution in [0.4, 0.5) is 11.5 Å². The van der Waals surface area contributed by atoms with Gasteiger partial charge in [-0.3, -0.25) is 4.79 Å². The van der Waals surface area contributed by atoms with Crippen LogP contribution >= 0.6 is 0 Å². The summed E-state index contributed by atoms with van der Waals surface area (Å²) in [6, 6.07) is 7.28. The van der Waals surface area contributed by atoms with E-state index in [2.05, 4.69) is 25.5 Å². The molecule has 2 N–H and O–H groups in total. The lowest BCUT2D eigenvalue weighted by Gasteiger charge is -2.12. The first-order valence-electron chi connectivity index (χ1n) is 7.84. The van der Waals surface area contributed by atoms with E-state index in [1.165, 1.54) is 6.20 Å². The van der Waals surface area contributed by atoms with Crippen LogP contribution in [0.3, 0.4) is 0 Å². The highest BCUT2D eigenvalue weighted by molar-refractivity contribution is 6.03. The van der Waals surface area contributed by atoms with Gasteiger partial charge in [0, 0.05) is 13.1 Å². The molecule has 2 aromatic rings. The van der Waals surface area contributed by atoms with Crippen LogP contribution in [0.15, 0.2) is 36.7 Å². The number of carbonyl (C=O) groups excluding carboxylic acids is 1. The summed E-state index contributed by atoms with van der Waals surface area (Å²) in [4.78, 5) is 22.7. The van der Waals surface area contributed by atoms with Gasteiger partial charge < -0.3 is 20.3 Å². The minimum Gasteiger partial charge on any atom is -0.492 e. The number of para-hydroxylation sites is 2. The van der Waals surface area contributed by atoms with Gasteiger partial charge in [0.2, 0.25) is 0 Å². The van der Waals surface area contributed by atoms with Crippen LogP contribution in [0.2, 0.25) is 0 Å². The van der Waals surface area contributed by atoms with Crippen molar-refractivity contribution in [1.82, 2.24) is 14.9 Å². The minimum absolute atomic E-state index is 0.250. The molecule has 0 unspecified atom stereocenters. The molecule has 0 saturated heterocycles. The number of ether oxygens (including phenoxy) is 1. The second-order valence-corrected chi connectivity index (χ2v) is 5.40. The number of nitrogens with one attached hydrogen (secondary N) is 2. The summed E-state index contributed by atoms with van der Waals surface area (Å²) in [5.74, 6) is 0.945. The molecule has 1 heterocycles. The molecular weight excluding hydrogens is 306 g/mol. The molecular formula is C17H23N5O2. The highest BCUT2D eigenvalue weighted by atomic mass is 16.5. The van der Waals surface area contributed by atoms with Crippen molar-refractivity contribution in [2.24, 2.45) is 0 Å². The molecule has 0 aliphatic heterocycles. The zero-order chi connectivity index (χ0) is 17.4. The van der Waals surface area contributed by atoms with Crippen molar-refractivity contribution in [3.05, 3.63) is 42.4 Å². The van der Waals surface area contributed by atoms with E-state index in [0.717, 1.165) is 13.1 Å². The van der Waals surface area contributed by atoms with E-state index < -0.39 is 0 Å². The molecule has 7 heteroatoms. The summed E-state index contributed by atoms with van der Waals surface area (Å²) < 4.78 is 5.49. The van der Waals surface area contributed by atoms with E-state index in [0.29, 0.717) is 23.9 Å². The number of hydrogen-bond acceptors (Lipinski definition) is 6. The summed E-state index contributed by atoms with van der Waals surface area (Å²) in [7, 11) is 4.00. The second-order valence-electron chi connectivity index (χ2n) is 5.40. The van der Waals surface area contributed by atoms with E-state index in [4.69, 9.17) is 4.74 Å². The van der Waals surface area contributed by atoms with Crippen LogP contribution in [-0.2, 0) is 0 Å². The highest BCUT2D eigenvalue weighted by Crippen LogP contribution is 2.24. The van der Waals surface area contributed by atoms with Gasteiger partial charge >= 0.3 is 0 Å². The quantitative estimate of drug-likeness (QED) is 0.772. The van der Waals surface area contributed by atoms with Crippen LogP contribution < -0.4 is 15.4 Å². The maximum absolute atomic E-state index is 12.3. The predicted molar refractivity (Wildman–Crippen MR) is 94.6 cm³/mol. The average Bonchev–Trinajstić information content (AvgIpc) is 2.57. The molecule has 0 saturated carbocycles. The topological polar surface area (TPSA) is 79.4 Å². The zero-order valence-corrected chi connectivity index (χ0v) is 14.2. The Kier molecular flexibility index (Phi) is 6.51. The van der Waals surface area contributed by atoms with Crippen molar-refractivity contribution in [3.8, 4) is 5.75 Å². The number of rotatable bonds is 8. The lowest BCUT2D eigenvalue weighted by molar-refractivity contribution is 0.102. The summed E-state index contributed by atoms with van der Waals surface area (Å²) in [5.41, 5.74) is 0.860. The van der Waals surface area contributed by atoms with Gasteiger partial charge in [-0.05, 0) is 33.2 Å². The number of nitrogens with zero attached hydrogens (tertiary/aromatic N) is 3. The Hall–Kier alpha value is -2.67. The fraction of sp³-hybridized carbons (Fsp3) is 0.353. The Morgan fingerprint density at radius 3 is 2.67 bits per heavy atom. The molecule has 0 atom stereocenters. The van der Waals surface area contributed by atoms with E-state index in [1.807, 2.05) is 39.2 Å². The Labute approximate surface area is 142 Å². The summed E-state index contributed by atoms with van der Waals surface area (Å²) in [6.45, 7) is 4.07. The van der Waals surface area contributed by atoms with Gasteiger partial charge in [0.1, 0.15) is 17.3 Å². The Balaban J connectivity index is 1.98. The highest BCUT2D eigenvalue weighted by Gasteiger charge is 2.11.